The van der Waals surface area contributed by atoms with Gasteiger partial charge in [0.2, 0.25) is 0 Å². The minimum Gasteiger partial charge on any atom is -0.309 e. The highest BCUT2D eigenvalue weighted by Crippen LogP contribution is 2.44. The molecule has 1 aromatic heterocycles. The molecule has 0 spiro atoms. The molecule has 0 saturated heterocycles. The average molecular weight is 916 g/mol. The number of hydrogen-bond donors (Lipinski definition) is 0. The molecule has 0 amide bonds. The van der Waals surface area contributed by atoms with Gasteiger partial charge in [0.25, 0.3) is 0 Å². The Balaban J connectivity index is 1.19. The van der Waals surface area contributed by atoms with Crippen LogP contribution in [0.3, 0.4) is 0 Å². The lowest BCUT2D eigenvalue weighted by Gasteiger charge is -2.21. The third kappa shape index (κ3) is 8.55. The summed E-state index contributed by atoms with van der Waals surface area (Å²) in [6.45, 7) is 10.6. The average Bonchev–Trinajstić information content (AvgIpc) is 3.68. The largest absolute Gasteiger partial charge is 0.417 e. The molecule has 0 aliphatic heterocycles. The third-order valence-corrected chi connectivity index (χ3v) is 13.5. The molecule has 0 radical (unpaired) electrons. The van der Waals surface area contributed by atoms with Gasteiger partial charge < -0.3 is 4.57 Å². The van der Waals surface area contributed by atoms with Gasteiger partial charge in [-0.05, 0) is 169 Å². The molecule has 3 nitrogen and oxygen atoms in total. The maximum Gasteiger partial charge on any atom is 0.417 e. The van der Waals surface area contributed by atoms with Crippen LogP contribution < -0.4 is 0 Å². The molecule has 9 aromatic carbocycles. The number of nitrogens with zero attached hydrogens (tertiary/aromatic N) is 3. The number of rotatable bonds is 9. The van der Waals surface area contributed by atoms with Crippen LogP contribution in [0.15, 0.2) is 176 Å². The predicted octanol–water partition coefficient (Wildman–Crippen LogP) is 17.2. The minimum absolute atomic E-state index is 0.0464. The Morgan fingerprint density at radius 2 is 1.03 bits per heavy atom. The van der Waals surface area contributed by atoms with E-state index in [1.54, 1.807) is 12.1 Å². The van der Waals surface area contributed by atoms with E-state index in [9.17, 15) is 23.7 Å². The Hall–Kier alpha value is -8.45. The molecule has 340 valence electrons. The summed E-state index contributed by atoms with van der Waals surface area (Å²) >= 11 is 0. The molecule has 0 fully saturated rings. The van der Waals surface area contributed by atoms with Gasteiger partial charge in [0.05, 0.1) is 45.5 Å². The minimum atomic E-state index is -4.73. The highest BCUT2D eigenvalue weighted by atomic mass is 19.4. The summed E-state index contributed by atoms with van der Waals surface area (Å²) in [7, 11) is 0. The summed E-state index contributed by atoms with van der Waals surface area (Å²) in [5, 5.41) is 22.8. The number of alkyl halides is 3. The monoisotopic (exact) mass is 915 g/mol. The molecular formula is C64H48F3N3. The SMILES string of the molecule is Cc1cc(C)cc(-c2ccc(CCc3ccc(-c4ccc(C#N)cc4C(F)(F)F)cc3-c3c(C#N)cccc3-n3c4ccccc4c4cc(-c5cc(C)cc(C)c5)ccc43)c(-c3ccccc3C)c2)c1. The van der Waals surface area contributed by atoms with Crippen molar-refractivity contribution in [2.24, 2.45) is 0 Å². The van der Waals surface area contributed by atoms with Gasteiger partial charge in [-0.3, -0.25) is 0 Å². The lowest BCUT2D eigenvalue weighted by Crippen LogP contribution is -2.08. The zero-order chi connectivity index (χ0) is 48.8. The normalized spacial score (nSPS) is 11.5. The highest BCUT2D eigenvalue weighted by molar-refractivity contribution is 6.11. The first-order valence-corrected chi connectivity index (χ1v) is 23.5. The van der Waals surface area contributed by atoms with Gasteiger partial charge in [-0.2, -0.15) is 23.7 Å². The number of hydrogen-bond acceptors (Lipinski definition) is 2. The fraction of sp³-hybridized carbons (Fsp3) is 0.125. The number of aromatic nitrogens is 1. The first-order valence-electron chi connectivity index (χ1n) is 23.5. The molecule has 1 heterocycles. The summed E-state index contributed by atoms with van der Waals surface area (Å²) in [5.41, 5.74) is 18.2. The van der Waals surface area contributed by atoms with E-state index in [4.69, 9.17) is 0 Å². The van der Waals surface area contributed by atoms with Crippen molar-refractivity contribution >= 4 is 21.8 Å². The van der Waals surface area contributed by atoms with Crippen LogP contribution in [-0.4, -0.2) is 4.57 Å². The number of para-hydroxylation sites is 1. The summed E-state index contributed by atoms with van der Waals surface area (Å²) < 4.78 is 47.0. The molecule has 10 rings (SSSR count). The number of aryl methyl sites for hydroxylation is 7. The quantitative estimate of drug-likeness (QED) is 0.145. The fourth-order valence-corrected chi connectivity index (χ4v) is 10.5. The van der Waals surface area contributed by atoms with Crippen molar-refractivity contribution in [1.29, 1.82) is 10.5 Å². The van der Waals surface area contributed by atoms with E-state index < -0.39 is 11.7 Å². The molecule has 10 aromatic rings. The van der Waals surface area contributed by atoms with Crippen LogP contribution in [0, 0.1) is 57.3 Å². The molecule has 0 N–H and O–H groups in total. The Morgan fingerprint density at radius 3 is 1.69 bits per heavy atom. The summed E-state index contributed by atoms with van der Waals surface area (Å²) in [6, 6.07) is 62.1. The van der Waals surface area contributed by atoms with E-state index in [0.717, 1.165) is 83.6 Å². The Morgan fingerprint density at radius 1 is 0.443 bits per heavy atom. The summed E-state index contributed by atoms with van der Waals surface area (Å²) in [6.07, 6.45) is -3.61. The van der Waals surface area contributed by atoms with Gasteiger partial charge in [0, 0.05) is 16.3 Å². The summed E-state index contributed by atoms with van der Waals surface area (Å²) in [4.78, 5) is 0. The maximum atomic E-state index is 14.9. The van der Waals surface area contributed by atoms with Gasteiger partial charge in [-0.25, -0.2) is 0 Å². The van der Waals surface area contributed by atoms with E-state index in [1.165, 1.54) is 34.4 Å². The van der Waals surface area contributed by atoms with Crippen molar-refractivity contribution in [2.75, 3.05) is 0 Å². The first kappa shape index (κ1) is 45.3. The van der Waals surface area contributed by atoms with Gasteiger partial charge in [0.1, 0.15) is 0 Å². The van der Waals surface area contributed by atoms with Crippen LogP contribution in [0.2, 0.25) is 0 Å². The van der Waals surface area contributed by atoms with E-state index in [0.29, 0.717) is 35.1 Å². The van der Waals surface area contributed by atoms with Crippen molar-refractivity contribution in [3.05, 3.63) is 232 Å². The smallest absolute Gasteiger partial charge is 0.309 e. The number of nitriles is 2. The standard InChI is InChI=1S/C64H48F3N3/c1-39-27-40(2)30-51(29-39)47-22-20-45(56(34-47)53-13-7-6-11-43(53)5)18-19-46-21-23-49(54-25-17-44(37-68)33-59(54)64(65,66)67)36-57(46)63-50(38-69)12-10-16-62(63)70-60-15-9-8-14-55(60)58-35-48(24-26-61(58)70)52-31-41(3)28-42(4)32-52/h6-17,20-36H,18-19H2,1-5H3. The summed E-state index contributed by atoms with van der Waals surface area (Å²) in [5.74, 6) is 0. The van der Waals surface area contributed by atoms with Gasteiger partial charge in [-0.1, -0.05) is 144 Å². The van der Waals surface area contributed by atoms with Crippen molar-refractivity contribution < 1.29 is 13.2 Å². The van der Waals surface area contributed by atoms with Crippen LogP contribution in [0.4, 0.5) is 13.2 Å². The Labute approximate surface area is 407 Å². The fourth-order valence-electron chi connectivity index (χ4n) is 10.5. The topological polar surface area (TPSA) is 52.5 Å². The second kappa shape index (κ2) is 18.2. The molecule has 70 heavy (non-hydrogen) atoms. The second-order valence-corrected chi connectivity index (χ2v) is 18.6. The van der Waals surface area contributed by atoms with Crippen molar-refractivity contribution in [3.63, 3.8) is 0 Å². The van der Waals surface area contributed by atoms with Crippen LogP contribution in [-0.2, 0) is 19.0 Å². The van der Waals surface area contributed by atoms with Crippen LogP contribution in [0.1, 0.15) is 55.6 Å². The van der Waals surface area contributed by atoms with E-state index in [1.807, 2.05) is 48.5 Å². The van der Waals surface area contributed by atoms with E-state index >= 15 is 0 Å². The molecule has 0 saturated carbocycles. The van der Waals surface area contributed by atoms with Crippen LogP contribution in [0.5, 0.6) is 0 Å². The third-order valence-electron chi connectivity index (χ3n) is 13.5. The lowest BCUT2D eigenvalue weighted by molar-refractivity contribution is -0.137. The molecule has 6 heteroatoms. The van der Waals surface area contributed by atoms with Crippen molar-refractivity contribution in [1.82, 2.24) is 4.57 Å². The van der Waals surface area contributed by atoms with E-state index in [2.05, 4.69) is 148 Å². The molecule has 0 unspecified atom stereocenters. The number of benzene rings is 9. The molecular weight excluding hydrogens is 868 g/mol. The second-order valence-electron chi connectivity index (χ2n) is 18.6. The van der Waals surface area contributed by atoms with Gasteiger partial charge in [0.15, 0.2) is 0 Å². The number of halogens is 3. The molecule has 0 atom stereocenters. The Kier molecular flexibility index (Phi) is 11.8. The first-order chi connectivity index (χ1) is 33.8. The molecule has 0 aliphatic carbocycles. The van der Waals surface area contributed by atoms with Crippen LogP contribution in [0.25, 0.3) is 83.1 Å². The molecule has 0 aliphatic rings. The highest BCUT2D eigenvalue weighted by Gasteiger charge is 2.34. The van der Waals surface area contributed by atoms with E-state index in [-0.39, 0.29) is 11.1 Å². The molecule has 0 bridgehead atoms. The van der Waals surface area contributed by atoms with Gasteiger partial charge >= 0.3 is 6.18 Å². The Bertz CT molecular complexity index is 3760. The predicted molar refractivity (Wildman–Crippen MR) is 280 cm³/mol. The van der Waals surface area contributed by atoms with Gasteiger partial charge in [-0.15, -0.1) is 0 Å². The lowest BCUT2D eigenvalue weighted by atomic mass is 9.86. The van der Waals surface area contributed by atoms with Crippen molar-refractivity contribution in [2.45, 2.75) is 53.6 Å². The zero-order valence-corrected chi connectivity index (χ0v) is 39.6. The van der Waals surface area contributed by atoms with Crippen LogP contribution >= 0.6 is 0 Å². The zero-order valence-electron chi connectivity index (χ0n) is 39.6. The van der Waals surface area contributed by atoms with Crippen molar-refractivity contribution in [3.8, 4) is 73.5 Å². The maximum absolute atomic E-state index is 14.9. The number of fused-ring (bicyclic) bond motifs is 3.